The van der Waals surface area contributed by atoms with Crippen LogP contribution in [0.3, 0.4) is 0 Å². The monoisotopic (exact) mass is 175 g/mol. The third kappa shape index (κ3) is 16.5. The van der Waals surface area contributed by atoms with Crippen LogP contribution in [0.25, 0.3) is 0 Å². The number of rotatable bonds is 6. The Hall–Kier alpha value is -0.0400. The molecule has 0 amide bonds. The van der Waals surface area contributed by atoms with Gasteiger partial charge in [-0.3, -0.25) is 0 Å². The largest absolute Gasteiger partial charge is 0.317 e. The van der Waals surface area contributed by atoms with Crippen LogP contribution in [-0.2, 0) is 0 Å². The minimum Gasteiger partial charge on any atom is -0.317 e. The molecule has 0 saturated heterocycles. The highest BCUT2D eigenvalue weighted by Gasteiger charge is 1.91. The predicted molar refractivity (Wildman–Crippen MR) is 60.7 cm³/mol. The van der Waals surface area contributed by atoms with Gasteiger partial charge in [0.1, 0.15) is 0 Å². The van der Waals surface area contributed by atoms with E-state index in [0.717, 1.165) is 5.92 Å². The Morgan fingerprint density at radius 3 is 2.17 bits per heavy atom. The zero-order valence-electron chi connectivity index (χ0n) is 9.61. The summed E-state index contributed by atoms with van der Waals surface area (Å²) in [4.78, 5) is 0. The predicted octanol–water partition coefficient (Wildman–Crippen LogP) is 3.69. The topological polar surface area (TPSA) is 12.0 Å². The van der Waals surface area contributed by atoms with Gasteiger partial charge in [-0.2, -0.15) is 0 Å². The molecule has 0 bridgehead atoms. The molecular weight excluding hydrogens is 146 g/mol. The number of unbranched alkanes of at least 4 members (excludes halogenated alkanes) is 1. The maximum Gasteiger partial charge on any atom is 0 e. The molecule has 78 valence electrons. The van der Waals surface area contributed by atoms with Crippen molar-refractivity contribution in [2.45, 2.75) is 53.9 Å². The Kier molecular flexibility index (Phi) is 16.3. The quantitative estimate of drug-likeness (QED) is 0.607. The Morgan fingerprint density at radius 2 is 1.75 bits per heavy atom. The fraction of sp³-hybridized carbons (Fsp3) is 1.00. The van der Waals surface area contributed by atoms with Crippen molar-refractivity contribution in [1.29, 1.82) is 0 Å². The molecule has 0 radical (unpaired) electrons. The fourth-order valence-electron chi connectivity index (χ4n) is 0.818. The molecule has 0 aromatic heterocycles. The standard InChI is InChI=1S/C9H21N.C2H6.H2/c1-4-5-7-10-8-6-9(2)3;1-2;/h9-10H,4-8H2,1-3H3;1-2H3;1H. The van der Waals surface area contributed by atoms with Crippen LogP contribution >= 0.6 is 0 Å². The van der Waals surface area contributed by atoms with Crippen molar-refractivity contribution in [2.24, 2.45) is 5.92 Å². The van der Waals surface area contributed by atoms with Crippen LogP contribution in [0.4, 0.5) is 0 Å². The van der Waals surface area contributed by atoms with Crippen molar-refractivity contribution in [3.8, 4) is 0 Å². The summed E-state index contributed by atoms with van der Waals surface area (Å²) < 4.78 is 0. The van der Waals surface area contributed by atoms with Gasteiger partial charge in [-0.05, 0) is 31.8 Å². The first-order valence-corrected chi connectivity index (χ1v) is 5.48. The highest BCUT2D eigenvalue weighted by molar-refractivity contribution is 4.50. The minimum absolute atomic E-state index is 0. The van der Waals surface area contributed by atoms with Crippen molar-refractivity contribution in [2.75, 3.05) is 13.1 Å². The lowest BCUT2D eigenvalue weighted by molar-refractivity contribution is 0.530. The summed E-state index contributed by atoms with van der Waals surface area (Å²) in [5.41, 5.74) is 0. The van der Waals surface area contributed by atoms with E-state index in [1.165, 1.54) is 32.4 Å². The smallest absolute Gasteiger partial charge is 0 e. The van der Waals surface area contributed by atoms with Gasteiger partial charge in [-0.15, -0.1) is 0 Å². The van der Waals surface area contributed by atoms with E-state index in [-0.39, 0.29) is 1.43 Å². The van der Waals surface area contributed by atoms with Gasteiger partial charge in [0.05, 0.1) is 0 Å². The average molecular weight is 175 g/mol. The molecule has 0 heterocycles. The SMILES string of the molecule is CC.CCCCNCCC(C)C.[HH]. The van der Waals surface area contributed by atoms with E-state index < -0.39 is 0 Å². The maximum absolute atomic E-state index is 3.42. The van der Waals surface area contributed by atoms with Gasteiger partial charge in [0.25, 0.3) is 0 Å². The molecule has 0 fully saturated rings. The van der Waals surface area contributed by atoms with Crippen molar-refractivity contribution < 1.29 is 1.43 Å². The van der Waals surface area contributed by atoms with Gasteiger partial charge in [-0.25, -0.2) is 0 Å². The van der Waals surface area contributed by atoms with Crippen molar-refractivity contribution in [3.05, 3.63) is 0 Å². The first-order valence-electron chi connectivity index (χ1n) is 5.48. The fourth-order valence-corrected chi connectivity index (χ4v) is 0.818. The number of hydrogen-bond donors (Lipinski definition) is 1. The van der Waals surface area contributed by atoms with E-state index in [0.29, 0.717) is 0 Å². The summed E-state index contributed by atoms with van der Waals surface area (Å²) in [7, 11) is 0. The van der Waals surface area contributed by atoms with E-state index in [9.17, 15) is 0 Å². The minimum atomic E-state index is 0. The van der Waals surface area contributed by atoms with Crippen LogP contribution in [0, 0.1) is 5.92 Å². The van der Waals surface area contributed by atoms with E-state index in [1.54, 1.807) is 0 Å². The van der Waals surface area contributed by atoms with Gasteiger partial charge in [0.2, 0.25) is 0 Å². The van der Waals surface area contributed by atoms with E-state index >= 15 is 0 Å². The molecule has 0 rings (SSSR count). The Bertz CT molecular complexity index is 65.1. The van der Waals surface area contributed by atoms with Crippen LogP contribution in [0.2, 0.25) is 0 Å². The molecule has 0 aromatic carbocycles. The average Bonchev–Trinajstić information content (AvgIpc) is 2.07. The summed E-state index contributed by atoms with van der Waals surface area (Å²) in [6, 6.07) is 0. The lowest BCUT2D eigenvalue weighted by Crippen LogP contribution is -2.17. The second-order valence-corrected chi connectivity index (χ2v) is 3.29. The molecule has 1 N–H and O–H groups in total. The van der Waals surface area contributed by atoms with Gasteiger partial charge in [0, 0.05) is 1.43 Å². The number of nitrogens with one attached hydrogen (secondary N) is 1. The van der Waals surface area contributed by atoms with Gasteiger partial charge < -0.3 is 5.32 Å². The van der Waals surface area contributed by atoms with Crippen LogP contribution in [0.15, 0.2) is 0 Å². The van der Waals surface area contributed by atoms with E-state index in [4.69, 9.17) is 0 Å². The zero-order valence-corrected chi connectivity index (χ0v) is 9.61. The second-order valence-electron chi connectivity index (χ2n) is 3.29. The Balaban J connectivity index is -0.000000309. The Morgan fingerprint density at radius 1 is 1.17 bits per heavy atom. The molecular formula is C11H29N. The molecule has 1 heteroatoms. The van der Waals surface area contributed by atoms with Crippen molar-refractivity contribution >= 4 is 0 Å². The van der Waals surface area contributed by atoms with Crippen LogP contribution in [-0.4, -0.2) is 13.1 Å². The number of hydrogen-bond acceptors (Lipinski definition) is 1. The molecule has 0 spiro atoms. The molecule has 0 unspecified atom stereocenters. The second kappa shape index (κ2) is 13.5. The normalized spacial score (nSPS) is 9.50. The highest BCUT2D eigenvalue weighted by atomic mass is 14.8. The third-order valence-corrected chi connectivity index (χ3v) is 1.61. The Labute approximate surface area is 80.4 Å². The third-order valence-electron chi connectivity index (χ3n) is 1.61. The molecule has 0 aliphatic carbocycles. The van der Waals surface area contributed by atoms with Gasteiger partial charge in [-0.1, -0.05) is 41.0 Å². The first-order chi connectivity index (χ1) is 5.77. The summed E-state index contributed by atoms with van der Waals surface area (Å²) >= 11 is 0. The van der Waals surface area contributed by atoms with E-state index in [2.05, 4.69) is 26.1 Å². The lowest BCUT2D eigenvalue weighted by Gasteiger charge is -2.05. The maximum atomic E-state index is 3.42. The summed E-state index contributed by atoms with van der Waals surface area (Å²) in [6.45, 7) is 13.1. The molecule has 0 aromatic rings. The molecule has 12 heavy (non-hydrogen) atoms. The first kappa shape index (κ1) is 14.5. The lowest BCUT2D eigenvalue weighted by atomic mass is 10.1. The highest BCUT2D eigenvalue weighted by Crippen LogP contribution is 1.96. The summed E-state index contributed by atoms with van der Waals surface area (Å²) in [5, 5.41) is 3.42. The molecule has 0 saturated carbocycles. The van der Waals surface area contributed by atoms with Crippen molar-refractivity contribution in [1.82, 2.24) is 5.32 Å². The zero-order chi connectivity index (χ0) is 9.82. The van der Waals surface area contributed by atoms with Crippen LogP contribution in [0.5, 0.6) is 0 Å². The molecule has 1 nitrogen and oxygen atoms in total. The summed E-state index contributed by atoms with van der Waals surface area (Å²) in [6.07, 6.45) is 3.93. The van der Waals surface area contributed by atoms with Crippen LogP contribution in [0.1, 0.15) is 55.3 Å². The molecule has 0 atom stereocenters. The summed E-state index contributed by atoms with van der Waals surface area (Å²) in [5.74, 6) is 0.842. The molecule has 0 aliphatic heterocycles. The van der Waals surface area contributed by atoms with Crippen LogP contribution < -0.4 is 5.32 Å². The van der Waals surface area contributed by atoms with Crippen molar-refractivity contribution in [3.63, 3.8) is 0 Å². The van der Waals surface area contributed by atoms with Gasteiger partial charge >= 0.3 is 0 Å². The van der Waals surface area contributed by atoms with E-state index in [1.807, 2.05) is 13.8 Å². The van der Waals surface area contributed by atoms with Gasteiger partial charge in [0.15, 0.2) is 0 Å². The molecule has 0 aliphatic rings.